The summed E-state index contributed by atoms with van der Waals surface area (Å²) in [6.45, 7) is 7.05. The minimum atomic E-state index is -1.01. The lowest BCUT2D eigenvalue weighted by Gasteiger charge is -2.22. The van der Waals surface area contributed by atoms with Gasteiger partial charge in [0.1, 0.15) is 5.60 Å². The molecule has 1 aliphatic carbocycles. The third-order valence-electron chi connectivity index (χ3n) is 3.87. The number of urea groups is 1. The average molecular weight is 282 g/mol. The lowest BCUT2D eigenvalue weighted by Crippen LogP contribution is -2.43. The van der Waals surface area contributed by atoms with E-state index in [4.69, 9.17) is 0 Å². The Morgan fingerprint density at radius 2 is 2.26 bits per heavy atom. The maximum atomic E-state index is 11.7. The topological polar surface area (TPSA) is 61.4 Å². The molecule has 0 unspecified atom stereocenters. The largest absolute Gasteiger partial charge is 0.383 e. The number of carbonyl (C=O) groups excluding carboxylic acids is 1. The van der Waals surface area contributed by atoms with Gasteiger partial charge in [-0.3, -0.25) is 0 Å². The van der Waals surface area contributed by atoms with E-state index in [2.05, 4.69) is 24.5 Å². The van der Waals surface area contributed by atoms with Gasteiger partial charge in [0.05, 0.1) is 6.54 Å². The standard InChI is InChI=1S/C14H22N2O2S/c1-13(2)7-10(13)8-15-12(17)16-9-14(3,18)11-5-4-6-19-11/h4-6,10,18H,7-9H2,1-3H3,(H2,15,16,17)/t10-,14-/m1/s1. The quantitative estimate of drug-likeness (QED) is 0.776. The summed E-state index contributed by atoms with van der Waals surface area (Å²) in [6, 6.07) is 3.56. The van der Waals surface area contributed by atoms with E-state index in [-0.39, 0.29) is 12.6 Å². The van der Waals surface area contributed by atoms with Crippen molar-refractivity contribution in [3.05, 3.63) is 22.4 Å². The molecule has 2 amide bonds. The Bertz CT molecular complexity index is 440. The van der Waals surface area contributed by atoms with E-state index in [0.29, 0.717) is 17.9 Å². The van der Waals surface area contributed by atoms with Gasteiger partial charge in [0.2, 0.25) is 0 Å². The Labute approximate surface area is 118 Å². The summed E-state index contributed by atoms with van der Waals surface area (Å²) < 4.78 is 0. The van der Waals surface area contributed by atoms with Crippen LogP contribution in [0.2, 0.25) is 0 Å². The molecule has 106 valence electrons. The fourth-order valence-corrected chi connectivity index (χ4v) is 2.91. The van der Waals surface area contributed by atoms with Crippen molar-refractivity contribution in [3.63, 3.8) is 0 Å². The molecule has 0 radical (unpaired) electrons. The van der Waals surface area contributed by atoms with E-state index in [0.717, 1.165) is 4.88 Å². The Morgan fingerprint density at radius 1 is 1.58 bits per heavy atom. The minimum absolute atomic E-state index is 0.209. The highest BCUT2D eigenvalue weighted by Gasteiger charge is 2.45. The van der Waals surface area contributed by atoms with Crippen LogP contribution in [0.1, 0.15) is 32.1 Å². The molecule has 0 aromatic carbocycles. The molecule has 4 nitrogen and oxygen atoms in total. The Balaban J connectivity index is 1.71. The van der Waals surface area contributed by atoms with Crippen molar-refractivity contribution in [2.24, 2.45) is 11.3 Å². The van der Waals surface area contributed by atoms with Crippen molar-refractivity contribution < 1.29 is 9.90 Å². The van der Waals surface area contributed by atoms with Crippen LogP contribution >= 0.6 is 11.3 Å². The molecule has 19 heavy (non-hydrogen) atoms. The second-order valence-electron chi connectivity index (χ2n) is 6.20. The van der Waals surface area contributed by atoms with Crippen molar-refractivity contribution in [1.82, 2.24) is 10.6 Å². The van der Waals surface area contributed by atoms with Gasteiger partial charge >= 0.3 is 6.03 Å². The van der Waals surface area contributed by atoms with Gasteiger partial charge in [-0.15, -0.1) is 11.3 Å². The molecule has 0 spiro atoms. The van der Waals surface area contributed by atoms with Crippen LogP contribution in [0.3, 0.4) is 0 Å². The van der Waals surface area contributed by atoms with Crippen LogP contribution in [0, 0.1) is 11.3 Å². The van der Waals surface area contributed by atoms with Crippen molar-refractivity contribution in [1.29, 1.82) is 0 Å². The van der Waals surface area contributed by atoms with Crippen LogP contribution in [0.15, 0.2) is 17.5 Å². The van der Waals surface area contributed by atoms with Crippen LogP contribution < -0.4 is 10.6 Å². The second kappa shape index (κ2) is 5.13. The molecule has 5 heteroatoms. The van der Waals surface area contributed by atoms with Crippen molar-refractivity contribution in [2.75, 3.05) is 13.1 Å². The number of rotatable bonds is 5. The lowest BCUT2D eigenvalue weighted by molar-refractivity contribution is 0.0631. The first-order chi connectivity index (χ1) is 8.81. The first-order valence-electron chi connectivity index (χ1n) is 6.59. The molecule has 1 fully saturated rings. The first kappa shape index (κ1) is 14.3. The molecule has 0 bridgehead atoms. The number of nitrogens with one attached hydrogen (secondary N) is 2. The fraction of sp³-hybridized carbons (Fsp3) is 0.643. The summed E-state index contributed by atoms with van der Waals surface area (Å²) >= 11 is 1.49. The minimum Gasteiger partial charge on any atom is -0.383 e. The first-order valence-corrected chi connectivity index (χ1v) is 7.47. The Morgan fingerprint density at radius 3 is 2.79 bits per heavy atom. The molecule has 1 saturated carbocycles. The monoisotopic (exact) mass is 282 g/mol. The summed E-state index contributed by atoms with van der Waals surface area (Å²) in [5.41, 5.74) is -0.639. The van der Waals surface area contributed by atoms with Crippen LogP contribution in [-0.2, 0) is 5.60 Å². The van der Waals surface area contributed by atoms with Gasteiger partial charge in [-0.25, -0.2) is 4.79 Å². The van der Waals surface area contributed by atoms with E-state index >= 15 is 0 Å². The maximum absolute atomic E-state index is 11.7. The highest BCUT2D eigenvalue weighted by atomic mass is 32.1. The van der Waals surface area contributed by atoms with Crippen molar-refractivity contribution in [2.45, 2.75) is 32.8 Å². The molecule has 1 heterocycles. The fourth-order valence-electron chi connectivity index (χ4n) is 2.13. The highest BCUT2D eigenvalue weighted by molar-refractivity contribution is 7.10. The third-order valence-corrected chi connectivity index (χ3v) is 4.99. The zero-order valence-electron chi connectivity index (χ0n) is 11.7. The molecular weight excluding hydrogens is 260 g/mol. The molecule has 3 N–H and O–H groups in total. The summed E-state index contributed by atoms with van der Waals surface area (Å²) in [4.78, 5) is 12.5. The Hall–Kier alpha value is -1.07. The van der Waals surface area contributed by atoms with E-state index in [1.807, 2.05) is 17.5 Å². The number of carbonyl (C=O) groups is 1. The molecule has 1 aromatic rings. The molecule has 2 atom stereocenters. The molecule has 1 aromatic heterocycles. The summed E-state index contributed by atoms with van der Waals surface area (Å²) in [5.74, 6) is 0.580. The number of amides is 2. The van der Waals surface area contributed by atoms with Gasteiger partial charge < -0.3 is 15.7 Å². The zero-order chi connectivity index (χ0) is 14.1. The second-order valence-corrected chi connectivity index (χ2v) is 7.15. The highest BCUT2D eigenvalue weighted by Crippen LogP contribution is 2.50. The predicted molar refractivity (Wildman–Crippen MR) is 77.2 cm³/mol. The molecule has 0 aliphatic heterocycles. The summed E-state index contributed by atoms with van der Waals surface area (Å²) in [7, 11) is 0. The Kier molecular flexibility index (Phi) is 3.87. The smallest absolute Gasteiger partial charge is 0.314 e. The van der Waals surface area contributed by atoms with Gasteiger partial charge in [0, 0.05) is 11.4 Å². The van der Waals surface area contributed by atoms with Crippen LogP contribution in [0.4, 0.5) is 4.79 Å². The number of hydrogen-bond donors (Lipinski definition) is 3. The van der Waals surface area contributed by atoms with Gasteiger partial charge in [0.25, 0.3) is 0 Å². The molecule has 0 saturated heterocycles. The van der Waals surface area contributed by atoms with Gasteiger partial charge in [-0.05, 0) is 36.1 Å². The van der Waals surface area contributed by atoms with Gasteiger partial charge in [-0.2, -0.15) is 0 Å². The van der Waals surface area contributed by atoms with Gasteiger partial charge in [-0.1, -0.05) is 19.9 Å². The maximum Gasteiger partial charge on any atom is 0.314 e. The van der Waals surface area contributed by atoms with Crippen LogP contribution in [0.25, 0.3) is 0 Å². The van der Waals surface area contributed by atoms with Crippen LogP contribution in [0.5, 0.6) is 0 Å². The molecule has 1 aliphatic rings. The number of hydrogen-bond acceptors (Lipinski definition) is 3. The molecule has 2 rings (SSSR count). The predicted octanol–water partition coefficient (Wildman–Crippen LogP) is 2.30. The average Bonchev–Trinajstić information content (AvgIpc) is 2.79. The number of aliphatic hydroxyl groups is 1. The summed E-state index contributed by atoms with van der Waals surface area (Å²) in [6.07, 6.45) is 1.17. The van der Waals surface area contributed by atoms with E-state index in [1.54, 1.807) is 6.92 Å². The third kappa shape index (κ3) is 3.70. The SMILES string of the molecule is CC1(C)C[C@@H]1CNC(=O)NC[C@@](C)(O)c1cccs1. The summed E-state index contributed by atoms with van der Waals surface area (Å²) in [5, 5.41) is 17.8. The lowest BCUT2D eigenvalue weighted by atomic mass is 10.1. The van der Waals surface area contributed by atoms with Gasteiger partial charge in [0.15, 0.2) is 0 Å². The number of thiophene rings is 1. The van der Waals surface area contributed by atoms with Crippen molar-refractivity contribution in [3.8, 4) is 0 Å². The molecular formula is C14H22N2O2S. The normalized spacial score (nSPS) is 23.5. The van der Waals surface area contributed by atoms with E-state index in [1.165, 1.54) is 17.8 Å². The van der Waals surface area contributed by atoms with Crippen LogP contribution in [-0.4, -0.2) is 24.2 Å². The van der Waals surface area contributed by atoms with Crippen molar-refractivity contribution >= 4 is 17.4 Å². The van der Waals surface area contributed by atoms with E-state index in [9.17, 15) is 9.90 Å². The zero-order valence-corrected chi connectivity index (χ0v) is 12.5. The van der Waals surface area contributed by atoms with E-state index < -0.39 is 5.60 Å².